The van der Waals surface area contributed by atoms with Crippen molar-refractivity contribution in [2.24, 2.45) is 0 Å². The maximum absolute atomic E-state index is 13.0. The minimum atomic E-state index is 0.151. The molecule has 0 spiro atoms. The highest BCUT2D eigenvalue weighted by molar-refractivity contribution is 5.95. The van der Waals surface area contributed by atoms with E-state index in [4.69, 9.17) is 9.47 Å². The molecule has 2 fully saturated rings. The van der Waals surface area contributed by atoms with E-state index in [0.29, 0.717) is 35.8 Å². The second-order valence-corrected chi connectivity index (χ2v) is 6.18. The average Bonchev–Trinajstić information content (AvgIpc) is 3.22. The van der Waals surface area contributed by atoms with E-state index >= 15 is 0 Å². The Bertz CT molecular complexity index is 533. The van der Waals surface area contributed by atoms with Gasteiger partial charge in [-0.05, 0) is 50.8 Å². The van der Waals surface area contributed by atoms with Crippen LogP contribution in [0.1, 0.15) is 55.8 Å². The summed E-state index contributed by atoms with van der Waals surface area (Å²) in [6, 6.07) is 6.40. The molecule has 1 aromatic rings. The number of hydrogen-bond acceptors (Lipinski definition) is 3. The molecule has 0 N–H and O–H groups in total. The summed E-state index contributed by atoms with van der Waals surface area (Å²) in [4.78, 5) is 15.1. The third-order valence-electron chi connectivity index (χ3n) is 4.60. The molecule has 2 aliphatic rings. The van der Waals surface area contributed by atoms with Crippen LogP contribution in [0.5, 0.6) is 11.5 Å². The third-order valence-corrected chi connectivity index (χ3v) is 4.60. The van der Waals surface area contributed by atoms with E-state index in [9.17, 15) is 4.79 Å². The highest BCUT2D eigenvalue weighted by Crippen LogP contribution is 2.36. The maximum atomic E-state index is 13.0. The molecule has 22 heavy (non-hydrogen) atoms. The molecule has 0 aliphatic heterocycles. The summed E-state index contributed by atoms with van der Waals surface area (Å²) in [6.45, 7) is 2.49. The van der Waals surface area contributed by atoms with Crippen LogP contribution in [0.4, 0.5) is 0 Å². The zero-order valence-corrected chi connectivity index (χ0v) is 13.5. The summed E-state index contributed by atoms with van der Waals surface area (Å²) >= 11 is 0. The molecule has 1 amide bonds. The van der Waals surface area contributed by atoms with Crippen molar-refractivity contribution in [2.75, 3.05) is 13.7 Å². The topological polar surface area (TPSA) is 38.8 Å². The summed E-state index contributed by atoms with van der Waals surface area (Å²) in [7, 11) is 1.62. The minimum Gasteiger partial charge on any atom is -0.493 e. The van der Waals surface area contributed by atoms with E-state index in [2.05, 4.69) is 4.90 Å². The van der Waals surface area contributed by atoms with Gasteiger partial charge in [-0.25, -0.2) is 0 Å². The molecule has 0 saturated heterocycles. The number of rotatable bonds is 6. The van der Waals surface area contributed by atoms with Gasteiger partial charge in [-0.1, -0.05) is 12.8 Å². The van der Waals surface area contributed by atoms with Gasteiger partial charge >= 0.3 is 0 Å². The quantitative estimate of drug-likeness (QED) is 0.805. The smallest absolute Gasteiger partial charge is 0.254 e. The van der Waals surface area contributed by atoms with Crippen LogP contribution in [-0.4, -0.2) is 36.6 Å². The number of amides is 1. The predicted octanol–water partition coefficient (Wildman–Crippen LogP) is 3.64. The predicted molar refractivity (Wildman–Crippen MR) is 85.6 cm³/mol. The Balaban J connectivity index is 1.84. The van der Waals surface area contributed by atoms with Crippen molar-refractivity contribution in [2.45, 2.75) is 57.5 Å². The van der Waals surface area contributed by atoms with Crippen molar-refractivity contribution >= 4 is 5.91 Å². The lowest BCUT2D eigenvalue weighted by molar-refractivity contribution is 0.0664. The van der Waals surface area contributed by atoms with Crippen LogP contribution >= 0.6 is 0 Å². The van der Waals surface area contributed by atoms with Gasteiger partial charge < -0.3 is 14.4 Å². The Morgan fingerprint density at radius 1 is 1.14 bits per heavy atom. The van der Waals surface area contributed by atoms with Crippen molar-refractivity contribution in [3.63, 3.8) is 0 Å². The molecule has 0 bridgehead atoms. The molecular weight excluding hydrogens is 278 g/mol. The van der Waals surface area contributed by atoms with Gasteiger partial charge in [0.05, 0.1) is 13.7 Å². The molecule has 2 aliphatic carbocycles. The number of nitrogens with zero attached hydrogens (tertiary/aromatic N) is 1. The Morgan fingerprint density at radius 2 is 1.82 bits per heavy atom. The lowest BCUT2D eigenvalue weighted by atomic mass is 10.1. The second kappa shape index (κ2) is 6.59. The van der Waals surface area contributed by atoms with Gasteiger partial charge in [-0.3, -0.25) is 4.79 Å². The minimum absolute atomic E-state index is 0.151. The molecule has 120 valence electrons. The summed E-state index contributed by atoms with van der Waals surface area (Å²) in [5, 5.41) is 0. The number of benzene rings is 1. The largest absolute Gasteiger partial charge is 0.493 e. The summed E-state index contributed by atoms with van der Waals surface area (Å²) < 4.78 is 10.9. The monoisotopic (exact) mass is 303 g/mol. The van der Waals surface area contributed by atoms with Crippen LogP contribution in [0.3, 0.4) is 0 Å². The third kappa shape index (κ3) is 3.06. The number of methoxy groups -OCH3 is 1. The van der Waals surface area contributed by atoms with E-state index in [-0.39, 0.29) is 5.91 Å². The summed E-state index contributed by atoms with van der Waals surface area (Å²) in [6.07, 6.45) is 7.09. The lowest BCUT2D eigenvalue weighted by Gasteiger charge is -2.29. The van der Waals surface area contributed by atoms with Crippen LogP contribution < -0.4 is 9.47 Å². The summed E-state index contributed by atoms with van der Waals surface area (Å²) in [5.74, 6) is 1.48. The number of carbonyl (C=O) groups excluding carboxylic acids is 1. The van der Waals surface area contributed by atoms with Crippen molar-refractivity contribution in [3.05, 3.63) is 23.8 Å². The van der Waals surface area contributed by atoms with E-state index in [1.54, 1.807) is 7.11 Å². The van der Waals surface area contributed by atoms with Gasteiger partial charge in [0.25, 0.3) is 5.91 Å². The van der Waals surface area contributed by atoms with E-state index in [0.717, 1.165) is 25.7 Å². The van der Waals surface area contributed by atoms with E-state index < -0.39 is 0 Å². The van der Waals surface area contributed by atoms with Gasteiger partial charge in [0.2, 0.25) is 0 Å². The van der Waals surface area contributed by atoms with Crippen molar-refractivity contribution in [1.29, 1.82) is 0 Å². The van der Waals surface area contributed by atoms with Crippen LogP contribution in [0, 0.1) is 0 Å². The molecule has 1 aromatic carbocycles. The zero-order chi connectivity index (χ0) is 15.5. The number of hydrogen-bond donors (Lipinski definition) is 0. The summed E-state index contributed by atoms with van der Waals surface area (Å²) in [5.41, 5.74) is 0.711. The molecule has 0 heterocycles. The Labute approximate surface area is 132 Å². The zero-order valence-electron chi connectivity index (χ0n) is 13.5. The maximum Gasteiger partial charge on any atom is 0.254 e. The normalized spacial score (nSPS) is 18.3. The van der Waals surface area contributed by atoms with Crippen molar-refractivity contribution in [1.82, 2.24) is 4.90 Å². The fraction of sp³-hybridized carbons (Fsp3) is 0.611. The van der Waals surface area contributed by atoms with E-state index in [1.165, 1.54) is 12.8 Å². The molecule has 0 aromatic heterocycles. The molecule has 2 saturated carbocycles. The molecule has 0 atom stereocenters. The van der Waals surface area contributed by atoms with Gasteiger partial charge in [-0.2, -0.15) is 0 Å². The molecule has 3 rings (SSSR count). The van der Waals surface area contributed by atoms with Crippen LogP contribution in [0.25, 0.3) is 0 Å². The first-order chi connectivity index (χ1) is 10.7. The van der Waals surface area contributed by atoms with Gasteiger partial charge in [-0.15, -0.1) is 0 Å². The Hall–Kier alpha value is -1.71. The first-order valence-corrected chi connectivity index (χ1v) is 8.38. The molecular formula is C18H25NO3. The molecule has 0 radical (unpaired) electrons. The average molecular weight is 303 g/mol. The van der Waals surface area contributed by atoms with Crippen LogP contribution in [0.15, 0.2) is 18.2 Å². The molecule has 0 unspecified atom stereocenters. The molecule has 4 nitrogen and oxygen atoms in total. The Kier molecular flexibility index (Phi) is 4.55. The lowest BCUT2D eigenvalue weighted by Crippen LogP contribution is -2.40. The fourth-order valence-corrected chi connectivity index (χ4v) is 3.39. The fourth-order valence-electron chi connectivity index (χ4n) is 3.39. The number of ether oxygens (including phenoxy) is 2. The Morgan fingerprint density at radius 3 is 2.41 bits per heavy atom. The number of carbonyl (C=O) groups is 1. The molecule has 4 heteroatoms. The van der Waals surface area contributed by atoms with Gasteiger partial charge in [0.15, 0.2) is 11.5 Å². The standard InChI is InChI=1S/C18H25NO3/c1-3-22-17-12-13(8-11-16(17)21-2)18(20)19(15-9-10-15)14-6-4-5-7-14/h8,11-12,14-15H,3-7,9-10H2,1-2H3. The van der Waals surface area contributed by atoms with Crippen molar-refractivity contribution < 1.29 is 14.3 Å². The van der Waals surface area contributed by atoms with Crippen molar-refractivity contribution in [3.8, 4) is 11.5 Å². The van der Waals surface area contributed by atoms with Gasteiger partial charge in [0.1, 0.15) is 0 Å². The highest BCUT2D eigenvalue weighted by Gasteiger charge is 2.38. The second-order valence-electron chi connectivity index (χ2n) is 6.18. The van der Waals surface area contributed by atoms with Crippen LogP contribution in [0.2, 0.25) is 0 Å². The van der Waals surface area contributed by atoms with E-state index in [1.807, 2.05) is 25.1 Å². The first-order valence-electron chi connectivity index (χ1n) is 8.38. The first kappa shape index (κ1) is 15.2. The SMILES string of the molecule is CCOc1cc(C(=O)N(C2CCCC2)C2CC2)ccc1OC. The highest BCUT2D eigenvalue weighted by atomic mass is 16.5. The van der Waals surface area contributed by atoms with Crippen LogP contribution in [-0.2, 0) is 0 Å². The van der Waals surface area contributed by atoms with Gasteiger partial charge in [0, 0.05) is 17.6 Å².